The molecule has 0 N–H and O–H groups in total. The van der Waals surface area contributed by atoms with Crippen LogP contribution in [0.15, 0.2) is 6.07 Å². The van der Waals surface area contributed by atoms with E-state index < -0.39 is 0 Å². The standard InChI is InChI=1S/C13H10N2S3/c1-5-4-8-10-11(15-18-14-10)9-6(2)7(3)17-13(9)12(8)16-5/h4H,1-3H3. The van der Waals surface area contributed by atoms with E-state index in [-0.39, 0.29) is 0 Å². The quantitative estimate of drug-likeness (QED) is 0.453. The molecule has 0 aliphatic heterocycles. The molecular formula is C13H10N2S3. The highest BCUT2D eigenvalue weighted by molar-refractivity contribution is 7.27. The van der Waals surface area contributed by atoms with Crippen molar-refractivity contribution in [3.8, 4) is 0 Å². The lowest BCUT2D eigenvalue weighted by molar-refractivity contribution is 1.47. The number of benzene rings is 1. The molecule has 3 aromatic heterocycles. The minimum atomic E-state index is 1.08. The number of thiophene rings is 2. The lowest BCUT2D eigenvalue weighted by atomic mass is 10.1. The van der Waals surface area contributed by atoms with E-state index in [0.29, 0.717) is 0 Å². The van der Waals surface area contributed by atoms with Gasteiger partial charge in [-0.25, -0.2) is 0 Å². The number of hydrogen-bond donors (Lipinski definition) is 0. The Hall–Kier alpha value is -1.04. The predicted molar refractivity (Wildman–Crippen MR) is 82.4 cm³/mol. The Kier molecular flexibility index (Phi) is 2.11. The maximum absolute atomic E-state index is 4.52. The van der Waals surface area contributed by atoms with Crippen molar-refractivity contribution >= 4 is 65.6 Å². The Morgan fingerprint density at radius 1 is 0.944 bits per heavy atom. The summed E-state index contributed by atoms with van der Waals surface area (Å²) in [6.45, 7) is 6.55. The molecule has 0 saturated heterocycles. The van der Waals surface area contributed by atoms with Crippen LogP contribution >= 0.6 is 34.4 Å². The van der Waals surface area contributed by atoms with E-state index in [2.05, 4.69) is 35.6 Å². The largest absolute Gasteiger partial charge is 0.172 e. The second kappa shape index (κ2) is 3.50. The Balaban J connectivity index is 2.47. The van der Waals surface area contributed by atoms with Crippen LogP contribution < -0.4 is 0 Å². The average molecular weight is 290 g/mol. The molecule has 0 saturated carbocycles. The van der Waals surface area contributed by atoms with E-state index in [0.717, 1.165) is 11.0 Å². The van der Waals surface area contributed by atoms with Crippen LogP contribution in [0.25, 0.3) is 31.2 Å². The summed E-state index contributed by atoms with van der Waals surface area (Å²) in [5.41, 5.74) is 3.52. The molecule has 0 bridgehead atoms. The van der Waals surface area contributed by atoms with Gasteiger partial charge in [-0.1, -0.05) is 0 Å². The van der Waals surface area contributed by atoms with Crippen LogP contribution in [0.3, 0.4) is 0 Å². The molecule has 18 heavy (non-hydrogen) atoms. The summed E-state index contributed by atoms with van der Waals surface area (Å²) < 4.78 is 11.8. The molecule has 0 fully saturated rings. The van der Waals surface area contributed by atoms with Crippen molar-refractivity contribution in [2.75, 3.05) is 0 Å². The van der Waals surface area contributed by atoms with E-state index in [1.54, 1.807) is 0 Å². The van der Waals surface area contributed by atoms with E-state index in [4.69, 9.17) is 0 Å². The van der Waals surface area contributed by atoms with E-state index in [1.165, 1.54) is 47.2 Å². The minimum Gasteiger partial charge on any atom is -0.172 e. The SMILES string of the molecule is Cc1cc2c3nsnc3c3c(C)c(C)sc3c2s1. The molecule has 90 valence electrons. The molecule has 0 atom stereocenters. The van der Waals surface area contributed by atoms with Crippen molar-refractivity contribution in [3.63, 3.8) is 0 Å². The summed E-state index contributed by atoms with van der Waals surface area (Å²) >= 11 is 5.08. The summed E-state index contributed by atoms with van der Waals surface area (Å²) in [6.07, 6.45) is 0. The first-order chi connectivity index (χ1) is 8.66. The number of hydrogen-bond acceptors (Lipinski definition) is 5. The summed E-state index contributed by atoms with van der Waals surface area (Å²) in [5, 5.41) is 2.59. The number of fused-ring (bicyclic) bond motifs is 6. The van der Waals surface area contributed by atoms with Gasteiger partial charge in [-0.3, -0.25) is 0 Å². The van der Waals surface area contributed by atoms with Crippen LogP contribution in [0.2, 0.25) is 0 Å². The van der Waals surface area contributed by atoms with Crippen LogP contribution in [-0.2, 0) is 0 Å². The van der Waals surface area contributed by atoms with Crippen molar-refractivity contribution < 1.29 is 0 Å². The number of nitrogens with zero attached hydrogens (tertiary/aromatic N) is 2. The molecule has 0 aliphatic carbocycles. The second-order valence-corrected chi connectivity index (χ2v) is 7.56. The highest BCUT2D eigenvalue weighted by atomic mass is 32.1. The molecule has 3 heterocycles. The number of aromatic nitrogens is 2. The maximum atomic E-state index is 4.52. The zero-order valence-electron chi connectivity index (χ0n) is 10.2. The summed E-state index contributed by atoms with van der Waals surface area (Å²) in [4.78, 5) is 2.73. The molecule has 4 aromatic rings. The van der Waals surface area contributed by atoms with Crippen LogP contribution in [0.5, 0.6) is 0 Å². The third kappa shape index (κ3) is 1.22. The molecule has 0 radical (unpaired) electrons. The average Bonchev–Trinajstić information content (AvgIpc) is 2.98. The van der Waals surface area contributed by atoms with Gasteiger partial charge in [0.2, 0.25) is 0 Å². The molecule has 5 heteroatoms. The van der Waals surface area contributed by atoms with Gasteiger partial charge in [0.1, 0.15) is 11.0 Å². The van der Waals surface area contributed by atoms with Gasteiger partial charge in [-0.2, -0.15) is 8.75 Å². The number of rotatable bonds is 0. The Morgan fingerprint density at radius 3 is 2.56 bits per heavy atom. The lowest BCUT2D eigenvalue weighted by Crippen LogP contribution is -1.76. The molecule has 1 aromatic carbocycles. The van der Waals surface area contributed by atoms with Crippen molar-refractivity contribution in [3.05, 3.63) is 21.4 Å². The number of aryl methyl sites for hydroxylation is 3. The summed E-state index contributed by atoms with van der Waals surface area (Å²) in [7, 11) is 0. The first-order valence-corrected chi connectivity index (χ1v) is 8.07. The van der Waals surface area contributed by atoms with Crippen molar-refractivity contribution in [1.82, 2.24) is 8.75 Å². The van der Waals surface area contributed by atoms with Crippen LogP contribution in [-0.4, -0.2) is 8.75 Å². The van der Waals surface area contributed by atoms with Gasteiger partial charge in [-0.15, -0.1) is 22.7 Å². The smallest absolute Gasteiger partial charge is 0.114 e. The fraction of sp³-hybridized carbons (Fsp3) is 0.231. The monoisotopic (exact) mass is 290 g/mol. The zero-order chi connectivity index (χ0) is 12.4. The molecule has 4 rings (SSSR count). The third-order valence-electron chi connectivity index (χ3n) is 3.43. The van der Waals surface area contributed by atoms with Gasteiger partial charge in [0.25, 0.3) is 0 Å². The Bertz CT molecular complexity index is 911. The molecule has 2 nitrogen and oxygen atoms in total. The first kappa shape index (κ1) is 10.8. The highest BCUT2D eigenvalue weighted by Crippen LogP contribution is 2.44. The van der Waals surface area contributed by atoms with E-state index in [1.807, 2.05) is 22.7 Å². The second-order valence-electron chi connectivity index (χ2n) is 4.55. The van der Waals surface area contributed by atoms with Gasteiger partial charge in [0.05, 0.1) is 21.1 Å². The van der Waals surface area contributed by atoms with Gasteiger partial charge >= 0.3 is 0 Å². The minimum absolute atomic E-state index is 1.08. The van der Waals surface area contributed by atoms with E-state index >= 15 is 0 Å². The topological polar surface area (TPSA) is 25.8 Å². The third-order valence-corrected chi connectivity index (χ3v) is 6.38. The van der Waals surface area contributed by atoms with Crippen molar-refractivity contribution in [1.29, 1.82) is 0 Å². The fourth-order valence-electron chi connectivity index (χ4n) is 2.46. The van der Waals surface area contributed by atoms with Gasteiger partial charge in [0.15, 0.2) is 0 Å². The van der Waals surface area contributed by atoms with Crippen LogP contribution in [0.1, 0.15) is 15.3 Å². The van der Waals surface area contributed by atoms with Gasteiger partial charge in [0, 0.05) is 20.5 Å². The molecule has 0 aliphatic rings. The van der Waals surface area contributed by atoms with Crippen LogP contribution in [0.4, 0.5) is 0 Å². The van der Waals surface area contributed by atoms with Crippen molar-refractivity contribution in [2.24, 2.45) is 0 Å². The predicted octanol–water partition coefficient (Wildman–Crippen LogP) is 5.05. The fourth-order valence-corrected chi connectivity index (χ4v) is 5.35. The molecule has 0 unspecified atom stereocenters. The highest BCUT2D eigenvalue weighted by Gasteiger charge is 2.18. The summed E-state index contributed by atoms with van der Waals surface area (Å²) in [6, 6.07) is 2.24. The lowest BCUT2D eigenvalue weighted by Gasteiger charge is -1.96. The Labute approximate surface area is 116 Å². The van der Waals surface area contributed by atoms with Gasteiger partial charge in [-0.05, 0) is 32.4 Å². The Morgan fingerprint density at radius 2 is 1.72 bits per heavy atom. The van der Waals surface area contributed by atoms with Crippen LogP contribution in [0, 0.1) is 20.8 Å². The van der Waals surface area contributed by atoms with E-state index in [9.17, 15) is 0 Å². The molecule has 0 spiro atoms. The molecular weight excluding hydrogens is 280 g/mol. The van der Waals surface area contributed by atoms with Crippen molar-refractivity contribution in [2.45, 2.75) is 20.8 Å². The maximum Gasteiger partial charge on any atom is 0.114 e. The normalized spacial score (nSPS) is 12.2. The molecule has 0 amide bonds. The summed E-state index contributed by atoms with van der Waals surface area (Å²) in [5.74, 6) is 0. The zero-order valence-corrected chi connectivity index (χ0v) is 12.6. The first-order valence-electron chi connectivity index (χ1n) is 5.71. The van der Waals surface area contributed by atoms with Gasteiger partial charge < -0.3 is 0 Å².